The third-order valence-electron chi connectivity index (χ3n) is 2.74. The number of piperidine rings is 1. The number of thioether (sulfide) groups is 1. The summed E-state index contributed by atoms with van der Waals surface area (Å²) in [6, 6.07) is -0.250. The van der Waals surface area contributed by atoms with Gasteiger partial charge in [0.25, 0.3) is 5.24 Å². The summed E-state index contributed by atoms with van der Waals surface area (Å²) in [7, 11) is 0. The topological polar surface area (TPSA) is 75.4 Å². The van der Waals surface area contributed by atoms with Gasteiger partial charge in [0.15, 0.2) is 0 Å². The molecule has 0 radical (unpaired) electrons. The first-order valence-corrected chi connectivity index (χ1v) is 6.13. The number of rotatable bonds is 1. The molecule has 0 spiro atoms. The standard InChI is InChI=1S/C9H15N3O2S.ClH/c10-6-2-1-3-12(4-6)8(13)7-5-15-9(14)11-7;/h6-7H,1-5,10H2,(H,11,14);1H/t6?,7-;/m0./s1. The van der Waals surface area contributed by atoms with Gasteiger partial charge in [0, 0.05) is 24.9 Å². The fourth-order valence-electron chi connectivity index (χ4n) is 1.95. The van der Waals surface area contributed by atoms with Crippen molar-refractivity contribution in [2.45, 2.75) is 24.9 Å². The molecule has 2 aliphatic rings. The fraction of sp³-hybridized carbons (Fsp3) is 0.778. The van der Waals surface area contributed by atoms with E-state index in [4.69, 9.17) is 5.73 Å². The summed E-state index contributed by atoms with van der Waals surface area (Å²) in [5, 5.41) is 2.56. The van der Waals surface area contributed by atoms with Gasteiger partial charge >= 0.3 is 0 Å². The minimum Gasteiger partial charge on any atom is -0.339 e. The zero-order valence-electron chi connectivity index (χ0n) is 8.85. The van der Waals surface area contributed by atoms with Crippen molar-refractivity contribution >= 4 is 35.3 Å². The van der Waals surface area contributed by atoms with Crippen molar-refractivity contribution in [1.29, 1.82) is 0 Å². The van der Waals surface area contributed by atoms with Crippen LogP contribution in [-0.2, 0) is 4.79 Å². The highest BCUT2D eigenvalue weighted by molar-refractivity contribution is 8.14. The maximum atomic E-state index is 11.9. The Morgan fingerprint density at radius 1 is 1.56 bits per heavy atom. The van der Waals surface area contributed by atoms with E-state index < -0.39 is 0 Å². The lowest BCUT2D eigenvalue weighted by molar-refractivity contribution is -0.133. The Morgan fingerprint density at radius 3 is 2.88 bits per heavy atom. The summed E-state index contributed by atoms with van der Waals surface area (Å²) in [5.74, 6) is 0.562. The molecule has 5 nitrogen and oxygen atoms in total. The number of carbonyl (C=O) groups excluding carboxylic acids is 2. The molecule has 2 amide bonds. The third kappa shape index (κ3) is 3.02. The number of nitrogens with one attached hydrogen (secondary N) is 1. The molecule has 92 valence electrons. The van der Waals surface area contributed by atoms with Gasteiger partial charge in [0.05, 0.1) is 0 Å². The first kappa shape index (κ1) is 13.6. The maximum Gasteiger partial charge on any atom is 0.279 e. The maximum absolute atomic E-state index is 11.9. The van der Waals surface area contributed by atoms with Crippen molar-refractivity contribution in [2.24, 2.45) is 5.73 Å². The fourth-order valence-corrected chi connectivity index (χ4v) is 2.72. The Bertz CT molecular complexity index is 290. The number of hydrogen-bond acceptors (Lipinski definition) is 4. The first-order valence-electron chi connectivity index (χ1n) is 5.14. The molecule has 0 aromatic carbocycles. The molecule has 0 saturated carbocycles. The van der Waals surface area contributed by atoms with E-state index in [1.165, 1.54) is 11.8 Å². The summed E-state index contributed by atoms with van der Waals surface area (Å²) in [5.41, 5.74) is 5.80. The van der Waals surface area contributed by atoms with Gasteiger partial charge < -0.3 is 16.0 Å². The van der Waals surface area contributed by atoms with Crippen LogP contribution in [0.3, 0.4) is 0 Å². The van der Waals surface area contributed by atoms with Gasteiger partial charge in [0.1, 0.15) is 6.04 Å². The molecule has 16 heavy (non-hydrogen) atoms. The van der Waals surface area contributed by atoms with Crippen LogP contribution in [0.1, 0.15) is 12.8 Å². The number of halogens is 1. The SMILES string of the molecule is Cl.NC1CCCN(C(=O)[C@@H]2CSC(=O)N2)C1. The normalized spacial score (nSPS) is 29.6. The second-order valence-corrected chi connectivity index (χ2v) is 4.97. The summed E-state index contributed by atoms with van der Waals surface area (Å²) in [6.45, 7) is 1.39. The molecular weight excluding hydrogens is 250 g/mol. The number of hydrogen-bond donors (Lipinski definition) is 2. The van der Waals surface area contributed by atoms with Crippen molar-refractivity contribution in [2.75, 3.05) is 18.8 Å². The Balaban J connectivity index is 0.00000128. The predicted molar refractivity (Wildman–Crippen MR) is 65.8 cm³/mol. The zero-order chi connectivity index (χ0) is 10.8. The van der Waals surface area contributed by atoms with Gasteiger partial charge in [-0.25, -0.2) is 0 Å². The monoisotopic (exact) mass is 265 g/mol. The van der Waals surface area contributed by atoms with E-state index in [1.807, 2.05) is 0 Å². The van der Waals surface area contributed by atoms with Crippen LogP contribution in [0.25, 0.3) is 0 Å². The Labute approximate surface area is 105 Å². The van der Waals surface area contributed by atoms with Crippen LogP contribution in [0.2, 0.25) is 0 Å². The molecule has 7 heteroatoms. The van der Waals surface area contributed by atoms with Crippen LogP contribution in [0, 0.1) is 0 Å². The van der Waals surface area contributed by atoms with Crippen LogP contribution in [-0.4, -0.2) is 47.0 Å². The van der Waals surface area contributed by atoms with Crippen molar-refractivity contribution in [1.82, 2.24) is 10.2 Å². The van der Waals surface area contributed by atoms with E-state index in [0.29, 0.717) is 12.3 Å². The third-order valence-corrected chi connectivity index (χ3v) is 3.62. The van der Waals surface area contributed by atoms with Crippen LogP contribution in [0.5, 0.6) is 0 Å². The Kier molecular flexibility index (Phi) is 4.89. The molecule has 2 aliphatic heterocycles. The number of likely N-dealkylation sites (tertiary alicyclic amines) is 1. The smallest absolute Gasteiger partial charge is 0.279 e. The van der Waals surface area contributed by atoms with E-state index >= 15 is 0 Å². The quantitative estimate of drug-likeness (QED) is 0.709. The van der Waals surface area contributed by atoms with Gasteiger partial charge in [-0.1, -0.05) is 11.8 Å². The highest BCUT2D eigenvalue weighted by Crippen LogP contribution is 2.17. The molecule has 0 aromatic rings. The minimum atomic E-state index is -0.340. The van der Waals surface area contributed by atoms with E-state index in [0.717, 1.165) is 19.4 Å². The highest BCUT2D eigenvalue weighted by atomic mass is 35.5. The zero-order valence-corrected chi connectivity index (χ0v) is 10.5. The van der Waals surface area contributed by atoms with Crippen molar-refractivity contribution in [3.8, 4) is 0 Å². The summed E-state index contributed by atoms with van der Waals surface area (Å²) in [6.07, 6.45) is 1.94. The molecule has 2 atom stereocenters. The van der Waals surface area contributed by atoms with Crippen LogP contribution in [0.15, 0.2) is 0 Å². The van der Waals surface area contributed by atoms with Gasteiger partial charge in [-0.2, -0.15) is 0 Å². The van der Waals surface area contributed by atoms with E-state index in [9.17, 15) is 9.59 Å². The van der Waals surface area contributed by atoms with E-state index in [-0.39, 0.29) is 35.6 Å². The molecule has 0 bridgehead atoms. The summed E-state index contributed by atoms with van der Waals surface area (Å²) >= 11 is 1.17. The van der Waals surface area contributed by atoms with Crippen molar-refractivity contribution in [3.63, 3.8) is 0 Å². The van der Waals surface area contributed by atoms with Gasteiger partial charge in [-0.05, 0) is 12.8 Å². The molecule has 0 aromatic heterocycles. The number of amides is 2. The largest absolute Gasteiger partial charge is 0.339 e. The Morgan fingerprint density at radius 2 is 2.31 bits per heavy atom. The lowest BCUT2D eigenvalue weighted by atomic mass is 10.1. The molecule has 2 heterocycles. The highest BCUT2D eigenvalue weighted by Gasteiger charge is 2.32. The van der Waals surface area contributed by atoms with E-state index in [2.05, 4.69) is 5.32 Å². The number of nitrogens with zero attached hydrogens (tertiary/aromatic N) is 1. The first-order chi connectivity index (χ1) is 7.16. The molecule has 2 saturated heterocycles. The lowest BCUT2D eigenvalue weighted by Gasteiger charge is -2.32. The van der Waals surface area contributed by atoms with Gasteiger partial charge in [0.2, 0.25) is 5.91 Å². The molecule has 3 N–H and O–H groups in total. The van der Waals surface area contributed by atoms with E-state index in [1.54, 1.807) is 4.90 Å². The predicted octanol–water partition coefficient (Wildman–Crippen LogP) is 0.183. The molecular formula is C9H16ClN3O2S. The summed E-state index contributed by atoms with van der Waals surface area (Å²) < 4.78 is 0. The average molecular weight is 266 g/mol. The van der Waals surface area contributed by atoms with Crippen LogP contribution < -0.4 is 11.1 Å². The molecule has 2 rings (SSSR count). The second kappa shape index (κ2) is 5.75. The van der Waals surface area contributed by atoms with Crippen molar-refractivity contribution in [3.05, 3.63) is 0 Å². The second-order valence-electron chi connectivity index (χ2n) is 3.98. The molecule has 1 unspecified atom stereocenters. The summed E-state index contributed by atoms with van der Waals surface area (Å²) in [4.78, 5) is 24.7. The van der Waals surface area contributed by atoms with Crippen LogP contribution in [0.4, 0.5) is 4.79 Å². The minimum absolute atomic E-state index is 0. The number of carbonyl (C=O) groups is 2. The molecule has 0 aliphatic carbocycles. The average Bonchev–Trinajstić information content (AvgIpc) is 2.64. The van der Waals surface area contributed by atoms with Gasteiger partial charge in [-0.15, -0.1) is 12.4 Å². The Hall–Kier alpha value is -0.460. The lowest BCUT2D eigenvalue weighted by Crippen LogP contribution is -2.52. The van der Waals surface area contributed by atoms with Gasteiger partial charge in [-0.3, -0.25) is 9.59 Å². The number of nitrogens with two attached hydrogens (primary N) is 1. The van der Waals surface area contributed by atoms with Crippen LogP contribution >= 0.6 is 24.2 Å². The molecule has 2 fully saturated rings. The van der Waals surface area contributed by atoms with Crippen molar-refractivity contribution < 1.29 is 9.59 Å².